The van der Waals surface area contributed by atoms with Crippen LogP contribution in [0.2, 0.25) is 0 Å². The van der Waals surface area contributed by atoms with Gasteiger partial charge in [0.1, 0.15) is 17.2 Å². The summed E-state index contributed by atoms with van der Waals surface area (Å²) < 4.78 is 0.569. The highest BCUT2D eigenvalue weighted by molar-refractivity contribution is 8.24. The van der Waals surface area contributed by atoms with Crippen LogP contribution >= 0.6 is 23.5 Å². The molecular formula is C14H11N4O2S2+. The Balaban J connectivity index is 1.95. The second kappa shape index (κ2) is 5.88. The smallest absolute Gasteiger partial charge is 0.284 e. The summed E-state index contributed by atoms with van der Waals surface area (Å²) in [5.41, 5.74) is 7.66. The molecule has 1 aromatic rings. The molecule has 2 aliphatic rings. The number of nitriles is 1. The van der Waals surface area contributed by atoms with Crippen LogP contribution < -0.4 is 16.2 Å². The van der Waals surface area contributed by atoms with Crippen molar-refractivity contribution in [1.29, 1.82) is 5.26 Å². The van der Waals surface area contributed by atoms with E-state index in [4.69, 9.17) is 5.26 Å². The van der Waals surface area contributed by atoms with E-state index in [1.54, 1.807) is 29.7 Å². The van der Waals surface area contributed by atoms with Crippen LogP contribution in [0.25, 0.3) is 0 Å². The first kappa shape index (κ1) is 14.7. The van der Waals surface area contributed by atoms with E-state index in [0.717, 1.165) is 0 Å². The Morgan fingerprint density at radius 2 is 2.00 bits per heavy atom. The topological polar surface area (TPSA) is 101 Å². The number of hydrogen-bond acceptors (Lipinski definition) is 5. The summed E-state index contributed by atoms with van der Waals surface area (Å²) >= 11 is 2.46. The lowest BCUT2D eigenvalue weighted by Gasteiger charge is -2.16. The summed E-state index contributed by atoms with van der Waals surface area (Å²) in [6, 6.07) is 11.0. The van der Waals surface area contributed by atoms with Gasteiger partial charge in [-0.2, -0.15) is 5.26 Å². The molecule has 8 heteroatoms. The molecule has 4 N–H and O–H groups in total. The number of hydrogen-bond donors (Lipinski definition) is 2. The zero-order chi connectivity index (χ0) is 15.7. The summed E-state index contributed by atoms with van der Waals surface area (Å²) in [4.78, 5) is 24.7. The predicted octanol–water partition coefficient (Wildman–Crippen LogP) is 0.731. The summed E-state index contributed by atoms with van der Waals surface area (Å²) in [6.45, 7) is 0. The number of thioether (sulfide) groups is 2. The average Bonchev–Trinajstić information content (AvgIpc) is 2.83. The van der Waals surface area contributed by atoms with Crippen LogP contribution in [0.5, 0.6) is 0 Å². The van der Waals surface area contributed by atoms with Gasteiger partial charge in [0.15, 0.2) is 5.37 Å². The van der Waals surface area contributed by atoms with E-state index in [9.17, 15) is 9.59 Å². The van der Waals surface area contributed by atoms with Crippen molar-refractivity contribution in [2.75, 3.05) is 5.01 Å². The molecule has 1 atom stereocenters. The molecule has 2 amide bonds. The average molecular weight is 331 g/mol. The summed E-state index contributed by atoms with van der Waals surface area (Å²) in [7, 11) is 0. The summed E-state index contributed by atoms with van der Waals surface area (Å²) in [6.07, 6.45) is 0. The lowest BCUT2D eigenvalue weighted by molar-refractivity contribution is -0.372. The maximum atomic E-state index is 12.5. The van der Waals surface area contributed by atoms with E-state index < -0.39 is 11.8 Å². The van der Waals surface area contributed by atoms with Gasteiger partial charge in [-0.3, -0.25) is 15.0 Å². The number of carbonyl (C=O) groups excluding carboxylic acids is 2. The number of para-hydroxylation sites is 1. The lowest BCUT2D eigenvalue weighted by Crippen LogP contribution is -2.60. The van der Waals surface area contributed by atoms with Crippen LogP contribution in [0.4, 0.5) is 5.69 Å². The van der Waals surface area contributed by atoms with Crippen molar-refractivity contribution in [3.05, 3.63) is 51.1 Å². The molecule has 0 spiro atoms. The van der Waals surface area contributed by atoms with E-state index in [0.29, 0.717) is 15.5 Å². The lowest BCUT2D eigenvalue weighted by atomic mass is 10.2. The Morgan fingerprint density at radius 3 is 2.64 bits per heavy atom. The zero-order valence-electron chi connectivity index (χ0n) is 11.3. The number of nitrogens with one attached hydrogen (secondary N) is 1. The van der Waals surface area contributed by atoms with Crippen LogP contribution in [0, 0.1) is 11.3 Å². The van der Waals surface area contributed by atoms with Crippen molar-refractivity contribution in [3.8, 4) is 6.07 Å². The van der Waals surface area contributed by atoms with Crippen molar-refractivity contribution < 1.29 is 15.3 Å². The summed E-state index contributed by atoms with van der Waals surface area (Å²) in [5.74, 6) is -0.836. The highest BCUT2D eigenvalue weighted by Gasteiger charge is 2.39. The molecule has 1 fully saturated rings. The molecule has 110 valence electrons. The third-order valence-electron chi connectivity index (χ3n) is 3.09. The molecule has 0 radical (unpaired) electrons. The third kappa shape index (κ3) is 2.50. The molecule has 1 saturated heterocycles. The molecule has 2 aliphatic heterocycles. The second-order valence-electron chi connectivity index (χ2n) is 4.49. The van der Waals surface area contributed by atoms with Crippen molar-refractivity contribution in [2.45, 2.75) is 5.37 Å². The number of amides is 2. The standard InChI is InChI=1S/C14H10N4O2S2/c15-6-8-7-21-14(22-11(8)16)10-12(19)17-18(13(10)20)9-4-2-1-3-5-9/h1-5,7,11H,16H2,(H,17,19)/p+1/b14-10-/t11-/m1/s1. The van der Waals surface area contributed by atoms with Crippen LogP contribution in [0.1, 0.15) is 0 Å². The van der Waals surface area contributed by atoms with Gasteiger partial charge in [-0.1, -0.05) is 30.0 Å². The number of hydrazine groups is 1. The van der Waals surface area contributed by atoms with Gasteiger partial charge in [-0.15, -0.1) is 0 Å². The van der Waals surface area contributed by atoms with Gasteiger partial charge < -0.3 is 5.73 Å². The number of quaternary nitrogens is 1. The van der Waals surface area contributed by atoms with Crippen LogP contribution in [-0.4, -0.2) is 17.2 Å². The number of anilines is 1. The Labute approximate surface area is 135 Å². The van der Waals surface area contributed by atoms with Crippen molar-refractivity contribution in [2.24, 2.45) is 0 Å². The van der Waals surface area contributed by atoms with Gasteiger partial charge >= 0.3 is 0 Å². The second-order valence-corrected chi connectivity index (χ2v) is 6.84. The minimum atomic E-state index is -0.440. The highest BCUT2D eigenvalue weighted by Crippen LogP contribution is 2.42. The van der Waals surface area contributed by atoms with E-state index in [-0.39, 0.29) is 10.9 Å². The first-order chi connectivity index (χ1) is 10.6. The third-order valence-corrected chi connectivity index (χ3v) is 5.42. The SMILES string of the molecule is N#CC1=CS/C(=C2\C(=O)NN(c3ccccc3)C2=O)S[C@H]1[NH3+]. The van der Waals surface area contributed by atoms with Gasteiger partial charge in [0.2, 0.25) is 0 Å². The molecule has 0 aromatic heterocycles. The van der Waals surface area contributed by atoms with E-state index in [1.807, 2.05) is 6.07 Å². The predicted molar refractivity (Wildman–Crippen MR) is 84.7 cm³/mol. The Morgan fingerprint density at radius 1 is 1.27 bits per heavy atom. The van der Waals surface area contributed by atoms with Crippen LogP contribution in [0.15, 0.2) is 51.1 Å². The number of rotatable bonds is 1. The fraction of sp³-hybridized carbons (Fsp3) is 0.0714. The van der Waals surface area contributed by atoms with Gasteiger partial charge in [-0.05, 0) is 29.3 Å². The Hall–Kier alpha value is -2.21. The molecule has 2 heterocycles. The summed E-state index contributed by atoms with van der Waals surface area (Å²) in [5, 5.41) is 11.5. The van der Waals surface area contributed by atoms with E-state index in [1.165, 1.54) is 28.5 Å². The molecule has 1 aromatic carbocycles. The van der Waals surface area contributed by atoms with Gasteiger partial charge in [-0.25, -0.2) is 5.01 Å². The minimum Gasteiger partial charge on any atom is -0.342 e. The fourth-order valence-corrected chi connectivity index (χ4v) is 4.34. The fourth-order valence-electron chi connectivity index (χ4n) is 1.99. The monoisotopic (exact) mass is 331 g/mol. The largest absolute Gasteiger partial charge is 0.342 e. The zero-order valence-corrected chi connectivity index (χ0v) is 12.9. The molecule has 0 unspecified atom stereocenters. The maximum Gasteiger partial charge on any atom is 0.284 e. The Kier molecular flexibility index (Phi) is 3.94. The molecule has 6 nitrogen and oxygen atoms in total. The van der Waals surface area contributed by atoms with Crippen LogP contribution in [-0.2, 0) is 9.59 Å². The maximum absolute atomic E-state index is 12.5. The van der Waals surface area contributed by atoms with E-state index in [2.05, 4.69) is 17.2 Å². The minimum absolute atomic E-state index is 0.0979. The van der Waals surface area contributed by atoms with Crippen molar-refractivity contribution in [1.82, 2.24) is 5.43 Å². The number of benzene rings is 1. The van der Waals surface area contributed by atoms with Gasteiger partial charge in [0.25, 0.3) is 11.8 Å². The quantitative estimate of drug-likeness (QED) is 0.584. The molecule has 22 heavy (non-hydrogen) atoms. The number of carbonyl (C=O) groups is 2. The molecule has 3 rings (SSSR count). The molecule has 0 aliphatic carbocycles. The van der Waals surface area contributed by atoms with E-state index >= 15 is 0 Å². The normalized spacial score (nSPS) is 24.8. The van der Waals surface area contributed by atoms with Gasteiger partial charge in [0.05, 0.1) is 9.92 Å². The Bertz CT molecular complexity index is 752. The van der Waals surface area contributed by atoms with Crippen molar-refractivity contribution >= 4 is 41.0 Å². The van der Waals surface area contributed by atoms with Gasteiger partial charge in [0, 0.05) is 0 Å². The first-order valence-corrected chi connectivity index (χ1v) is 8.09. The van der Waals surface area contributed by atoms with Crippen molar-refractivity contribution in [3.63, 3.8) is 0 Å². The highest BCUT2D eigenvalue weighted by atomic mass is 32.2. The molecule has 0 bridgehead atoms. The first-order valence-electron chi connectivity index (χ1n) is 6.33. The van der Waals surface area contributed by atoms with Crippen LogP contribution in [0.3, 0.4) is 0 Å². The molecular weight excluding hydrogens is 320 g/mol. The number of nitrogens with zero attached hydrogens (tertiary/aromatic N) is 2. The molecule has 0 saturated carbocycles.